The minimum Gasteiger partial charge on any atom is -0.444 e. The first-order chi connectivity index (χ1) is 7.78. The summed E-state index contributed by atoms with van der Waals surface area (Å²) in [5, 5.41) is 2.47. The number of anilines is 1. The van der Waals surface area contributed by atoms with Crippen molar-refractivity contribution in [2.24, 2.45) is 0 Å². The predicted molar refractivity (Wildman–Crippen MR) is 64.9 cm³/mol. The monoisotopic (exact) mass is 257 g/mol. The molecule has 17 heavy (non-hydrogen) atoms. The molecule has 1 amide bonds. The standard InChI is InChI=1S/C11H15NO4S/c1-11(2,3)16-10(13)12-8-5-4-6-9(7-8)17(14)15/h4-7,17H,1-3H3,(H,12,13). The number of thiol groups is 1. The van der Waals surface area contributed by atoms with Crippen LogP contribution in [0.25, 0.3) is 0 Å². The Morgan fingerprint density at radius 3 is 2.47 bits per heavy atom. The van der Waals surface area contributed by atoms with Gasteiger partial charge in [-0.15, -0.1) is 0 Å². The molecular formula is C11H15NO4S. The van der Waals surface area contributed by atoms with E-state index in [4.69, 9.17) is 4.74 Å². The first-order valence-electron chi connectivity index (χ1n) is 5.02. The largest absolute Gasteiger partial charge is 0.444 e. The van der Waals surface area contributed by atoms with Crippen LogP contribution in [0.5, 0.6) is 0 Å². The Morgan fingerprint density at radius 2 is 1.94 bits per heavy atom. The lowest BCUT2D eigenvalue weighted by Crippen LogP contribution is -2.27. The zero-order chi connectivity index (χ0) is 13.1. The number of hydrogen-bond acceptors (Lipinski definition) is 4. The summed E-state index contributed by atoms with van der Waals surface area (Å²) in [6.07, 6.45) is -0.615. The fourth-order valence-electron chi connectivity index (χ4n) is 1.12. The molecule has 0 aliphatic carbocycles. The maximum Gasteiger partial charge on any atom is 0.412 e. The summed E-state index contributed by atoms with van der Waals surface area (Å²) in [6, 6.07) is 5.96. The Morgan fingerprint density at radius 1 is 1.29 bits per heavy atom. The Balaban J connectivity index is 2.75. The highest BCUT2D eigenvalue weighted by atomic mass is 32.2. The van der Waals surface area contributed by atoms with Gasteiger partial charge in [0.25, 0.3) is 0 Å². The van der Waals surface area contributed by atoms with Gasteiger partial charge >= 0.3 is 6.09 Å². The molecule has 1 rings (SSSR count). The van der Waals surface area contributed by atoms with Crippen molar-refractivity contribution in [3.05, 3.63) is 24.3 Å². The fourth-order valence-corrected chi connectivity index (χ4v) is 1.57. The molecule has 0 fully saturated rings. The van der Waals surface area contributed by atoms with E-state index < -0.39 is 22.4 Å². The van der Waals surface area contributed by atoms with E-state index in [1.165, 1.54) is 12.1 Å². The molecule has 0 aromatic heterocycles. The van der Waals surface area contributed by atoms with Crippen LogP contribution in [0.2, 0.25) is 0 Å². The van der Waals surface area contributed by atoms with Gasteiger partial charge in [0.15, 0.2) is 10.7 Å². The van der Waals surface area contributed by atoms with Crippen LogP contribution in [0.4, 0.5) is 10.5 Å². The number of amides is 1. The van der Waals surface area contributed by atoms with Crippen molar-refractivity contribution in [2.45, 2.75) is 31.3 Å². The van der Waals surface area contributed by atoms with Crippen molar-refractivity contribution >= 4 is 22.5 Å². The summed E-state index contributed by atoms with van der Waals surface area (Å²) in [5.74, 6) is 0. The second-order valence-electron chi connectivity index (χ2n) is 4.43. The maximum absolute atomic E-state index is 11.4. The van der Waals surface area contributed by atoms with Gasteiger partial charge in [-0.3, -0.25) is 5.32 Å². The number of rotatable bonds is 2. The lowest BCUT2D eigenvalue weighted by molar-refractivity contribution is 0.0636. The molecular weight excluding hydrogens is 242 g/mol. The number of carbonyl (C=O) groups excluding carboxylic acids is 1. The molecule has 1 aromatic carbocycles. The van der Waals surface area contributed by atoms with Gasteiger partial charge in [0.2, 0.25) is 0 Å². The first kappa shape index (κ1) is 13.5. The van der Waals surface area contributed by atoms with Crippen LogP contribution in [-0.4, -0.2) is 20.1 Å². The molecule has 0 aliphatic heterocycles. The minimum atomic E-state index is -2.66. The van der Waals surface area contributed by atoms with Crippen molar-refractivity contribution in [3.63, 3.8) is 0 Å². The molecule has 0 heterocycles. The quantitative estimate of drug-likeness (QED) is 0.795. The van der Waals surface area contributed by atoms with Gasteiger partial charge in [0, 0.05) is 5.69 Å². The molecule has 0 saturated carbocycles. The fraction of sp³-hybridized carbons (Fsp3) is 0.364. The third-order valence-corrected chi connectivity index (χ3v) is 2.40. The van der Waals surface area contributed by atoms with Crippen LogP contribution in [0.3, 0.4) is 0 Å². The van der Waals surface area contributed by atoms with E-state index in [9.17, 15) is 13.2 Å². The molecule has 0 atom stereocenters. The first-order valence-corrected chi connectivity index (χ1v) is 6.20. The van der Waals surface area contributed by atoms with Crippen molar-refractivity contribution in [2.75, 3.05) is 5.32 Å². The van der Waals surface area contributed by atoms with E-state index in [1.54, 1.807) is 32.9 Å². The van der Waals surface area contributed by atoms with Gasteiger partial charge < -0.3 is 4.74 Å². The number of carbonyl (C=O) groups is 1. The Labute approximate surface area is 102 Å². The average Bonchev–Trinajstić information content (AvgIpc) is 2.14. The topological polar surface area (TPSA) is 72.5 Å². The van der Waals surface area contributed by atoms with Gasteiger partial charge in [-0.2, -0.15) is 0 Å². The Kier molecular flexibility index (Phi) is 4.11. The molecule has 1 N–H and O–H groups in total. The molecule has 0 unspecified atom stereocenters. The lowest BCUT2D eigenvalue weighted by atomic mass is 10.2. The van der Waals surface area contributed by atoms with Crippen LogP contribution >= 0.6 is 0 Å². The molecule has 0 saturated heterocycles. The van der Waals surface area contributed by atoms with Crippen molar-refractivity contribution in [3.8, 4) is 0 Å². The summed E-state index contributed by atoms with van der Waals surface area (Å²) in [4.78, 5) is 11.6. The van der Waals surface area contributed by atoms with Crippen molar-refractivity contribution < 1.29 is 17.9 Å². The molecule has 0 aliphatic rings. The summed E-state index contributed by atoms with van der Waals surface area (Å²) in [5.41, 5.74) is -0.207. The zero-order valence-corrected chi connectivity index (χ0v) is 10.8. The lowest BCUT2D eigenvalue weighted by Gasteiger charge is -2.19. The molecule has 0 bridgehead atoms. The van der Waals surface area contributed by atoms with Crippen LogP contribution in [-0.2, 0) is 15.4 Å². The summed E-state index contributed by atoms with van der Waals surface area (Å²) < 4.78 is 26.6. The van der Waals surface area contributed by atoms with Gasteiger partial charge in [-0.25, -0.2) is 13.2 Å². The van der Waals surface area contributed by atoms with Gasteiger partial charge in [-0.1, -0.05) is 6.07 Å². The number of benzene rings is 1. The smallest absolute Gasteiger partial charge is 0.412 e. The second-order valence-corrected chi connectivity index (χ2v) is 5.46. The van der Waals surface area contributed by atoms with Gasteiger partial charge in [0.05, 0.1) is 4.90 Å². The summed E-state index contributed by atoms with van der Waals surface area (Å²) in [6.45, 7) is 5.24. The molecule has 5 nitrogen and oxygen atoms in total. The molecule has 1 aromatic rings. The highest BCUT2D eigenvalue weighted by Crippen LogP contribution is 2.14. The Hall–Kier alpha value is -1.56. The highest BCUT2D eigenvalue weighted by Gasteiger charge is 2.16. The normalized spacial score (nSPS) is 11.3. The SMILES string of the molecule is CC(C)(C)OC(=O)Nc1cccc([SH](=O)=O)c1. The number of hydrogen-bond donors (Lipinski definition) is 2. The average molecular weight is 257 g/mol. The van der Waals surface area contributed by atoms with Crippen LogP contribution in [0.15, 0.2) is 29.2 Å². The maximum atomic E-state index is 11.4. The third kappa shape index (κ3) is 4.86. The van der Waals surface area contributed by atoms with E-state index in [2.05, 4.69) is 5.32 Å². The molecule has 0 spiro atoms. The van der Waals surface area contributed by atoms with E-state index >= 15 is 0 Å². The van der Waals surface area contributed by atoms with E-state index in [-0.39, 0.29) is 4.90 Å². The van der Waals surface area contributed by atoms with E-state index in [0.29, 0.717) is 5.69 Å². The van der Waals surface area contributed by atoms with Gasteiger partial charge in [-0.05, 0) is 39.0 Å². The minimum absolute atomic E-state index is 0.147. The summed E-state index contributed by atoms with van der Waals surface area (Å²) >= 11 is 0. The second kappa shape index (κ2) is 5.18. The van der Waals surface area contributed by atoms with Crippen LogP contribution in [0, 0.1) is 0 Å². The Bertz CT molecular complexity index is 480. The molecule has 94 valence electrons. The summed E-state index contributed by atoms with van der Waals surface area (Å²) in [7, 11) is -2.66. The van der Waals surface area contributed by atoms with Crippen LogP contribution < -0.4 is 5.32 Å². The van der Waals surface area contributed by atoms with E-state index in [1.807, 2.05) is 0 Å². The third-order valence-electron chi connectivity index (χ3n) is 1.70. The van der Waals surface area contributed by atoms with Crippen LogP contribution in [0.1, 0.15) is 20.8 Å². The number of nitrogens with one attached hydrogen (secondary N) is 1. The number of ether oxygens (including phenoxy) is 1. The molecule has 0 radical (unpaired) electrons. The van der Waals surface area contributed by atoms with Crippen molar-refractivity contribution in [1.29, 1.82) is 0 Å². The van der Waals surface area contributed by atoms with Crippen molar-refractivity contribution in [1.82, 2.24) is 0 Å². The zero-order valence-electron chi connectivity index (χ0n) is 9.89. The highest BCUT2D eigenvalue weighted by molar-refractivity contribution is 7.72. The molecule has 6 heteroatoms. The van der Waals surface area contributed by atoms with Gasteiger partial charge in [0.1, 0.15) is 5.60 Å². The van der Waals surface area contributed by atoms with E-state index in [0.717, 1.165) is 0 Å². The predicted octanol–water partition coefficient (Wildman–Crippen LogP) is 2.00.